The summed E-state index contributed by atoms with van der Waals surface area (Å²) in [5, 5.41) is 11.2. The molecule has 0 bridgehead atoms. The van der Waals surface area contributed by atoms with Gasteiger partial charge in [-0.2, -0.15) is 0 Å². The zero-order valence-corrected chi connectivity index (χ0v) is 28.7. The highest BCUT2D eigenvalue weighted by atomic mass is 28.3. The summed E-state index contributed by atoms with van der Waals surface area (Å²) >= 11 is 0. The monoisotopic (exact) mass is 640 g/mol. The van der Waals surface area contributed by atoms with Gasteiger partial charge in [0.1, 0.15) is 5.75 Å². The number of hydrogen-bond donors (Lipinski definition) is 1. The van der Waals surface area contributed by atoms with Crippen LogP contribution in [-0.2, 0) is 27.2 Å². The number of aliphatic hydroxyl groups is 1. The first kappa shape index (κ1) is 32.5. The smallest absolute Gasteiger partial charge is 0.231 e. The Kier molecular flexibility index (Phi) is 9.69. The van der Waals surface area contributed by atoms with Crippen molar-refractivity contribution in [2.75, 3.05) is 25.2 Å². The topological polar surface area (TPSA) is 79.3 Å². The number of hydrogen-bond acceptors (Lipinski definition) is 5. The number of nitrogens with zero attached hydrogens (tertiary/aromatic N) is 2. The molecule has 3 aliphatic heterocycles. The molecule has 6 rings (SSSR count). The van der Waals surface area contributed by atoms with Gasteiger partial charge in [0.25, 0.3) is 0 Å². The Morgan fingerprint density at radius 2 is 1.74 bits per heavy atom. The average molecular weight is 641 g/mol. The summed E-state index contributed by atoms with van der Waals surface area (Å²) in [4.78, 5) is 30.3. The van der Waals surface area contributed by atoms with Gasteiger partial charge in [-0.15, -0.1) is 0 Å². The van der Waals surface area contributed by atoms with Crippen molar-refractivity contribution in [2.45, 2.75) is 88.8 Å². The van der Waals surface area contributed by atoms with Crippen molar-refractivity contribution in [2.24, 2.45) is 5.92 Å². The lowest BCUT2D eigenvalue weighted by Crippen LogP contribution is -2.51. The van der Waals surface area contributed by atoms with Gasteiger partial charge in [-0.1, -0.05) is 67.7 Å². The molecule has 3 aliphatic rings. The normalized spacial score (nSPS) is 24.7. The van der Waals surface area contributed by atoms with Crippen LogP contribution >= 0.6 is 0 Å². The molecule has 2 amide bonds. The molecule has 0 spiro atoms. The number of ether oxygens (including phenoxy) is 2. The maximum atomic E-state index is 13.6. The van der Waals surface area contributed by atoms with Crippen molar-refractivity contribution < 1.29 is 24.2 Å². The number of aliphatic hydroxyl groups excluding tert-OH is 1. The number of carbonyl (C=O) groups excluding carboxylic acids is 2. The molecule has 0 aromatic heterocycles. The third-order valence-electron chi connectivity index (χ3n) is 10.9. The molecule has 0 aliphatic carbocycles. The number of benzene rings is 3. The van der Waals surface area contributed by atoms with Crippen molar-refractivity contribution in [3.63, 3.8) is 0 Å². The van der Waals surface area contributed by atoms with Gasteiger partial charge in [-0.05, 0) is 85.0 Å². The molecule has 3 heterocycles. The Morgan fingerprint density at radius 1 is 1.00 bits per heavy atom. The van der Waals surface area contributed by atoms with Gasteiger partial charge in [0, 0.05) is 18.7 Å². The van der Waals surface area contributed by atoms with E-state index >= 15 is 0 Å². The van der Waals surface area contributed by atoms with Crippen molar-refractivity contribution >= 4 is 36.4 Å². The van der Waals surface area contributed by atoms with Crippen LogP contribution in [-0.4, -0.2) is 68.4 Å². The summed E-state index contributed by atoms with van der Waals surface area (Å²) in [7, 11) is -0.401. The second kappa shape index (κ2) is 13.7. The third-order valence-corrected chi connectivity index (χ3v) is 15.2. The van der Waals surface area contributed by atoms with Gasteiger partial charge >= 0.3 is 0 Å². The summed E-state index contributed by atoms with van der Waals surface area (Å²) in [6.07, 6.45) is 5.06. The highest BCUT2D eigenvalue weighted by molar-refractivity contribution is 6.91. The predicted molar refractivity (Wildman–Crippen MR) is 185 cm³/mol. The molecule has 2 saturated heterocycles. The first-order chi connectivity index (χ1) is 22.2. The van der Waals surface area contributed by atoms with Gasteiger partial charge in [0.15, 0.2) is 0 Å². The molecule has 7 nitrogen and oxygen atoms in total. The maximum Gasteiger partial charge on any atom is 0.231 e. The number of amides is 2. The number of carbonyl (C=O) groups is 2. The molecule has 3 aromatic carbocycles. The summed E-state index contributed by atoms with van der Waals surface area (Å²) in [6, 6.07) is 24.9. The van der Waals surface area contributed by atoms with Crippen LogP contribution in [0.25, 0.3) is 0 Å². The number of likely N-dealkylation sites (tertiary alicyclic amines) is 1. The zero-order chi connectivity index (χ0) is 32.4. The fourth-order valence-corrected chi connectivity index (χ4v) is 12.4. The van der Waals surface area contributed by atoms with Gasteiger partial charge in [0.2, 0.25) is 11.8 Å². The Morgan fingerprint density at radius 3 is 2.46 bits per heavy atom. The molecule has 0 radical (unpaired) electrons. The molecule has 2 fully saturated rings. The predicted octanol–water partition coefficient (Wildman–Crippen LogP) is 6.00. The molecule has 0 saturated carbocycles. The summed E-state index contributed by atoms with van der Waals surface area (Å²) in [6.45, 7) is 7.86. The van der Waals surface area contributed by atoms with Crippen molar-refractivity contribution in [3.05, 3.63) is 83.9 Å². The molecular formula is C38H48N2O5Si. The fourth-order valence-electron chi connectivity index (χ4n) is 8.32. The fraction of sp³-hybridized carbons (Fsp3) is 0.474. The number of methoxy groups -OCH3 is 1. The third kappa shape index (κ3) is 6.40. The number of fused-ring (bicyclic) bond motifs is 1. The van der Waals surface area contributed by atoms with Crippen LogP contribution < -0.4 is 14.8 Å². The number of para-hydroxylation sites is 1. The SMILES string of the molecule is COc1ccc([Si](C)(C)[C@H]2[C@H](C)[C@H](CCc3ccc(N4C(=O)CCc5ccccc54)cc3)O[C@@H]2CC(=O)N2CCC[C@H]2CO)cc1. The minimum Gasteiger partial charge on any atom is -0.497 e. The van der Waals surface area contributed by atoms with Crippen LogP contribution in [0.15, 0.2) is 72.8 Å². The van der Waals surface area contributed by atoms with E-state index in [4.69, 9.17) is 9.47 Å². The number of rotatable bonds is 10. The Labute approximate surface area is 274 Å². The lowest BCUT2D eigenvalue weighted by atomic mass is 9.94. The van der Waals surface area contributed by atoms with Gasteiger partial charge in [-0.25, -0.2) is 0 Å². The summed E-state index contributed by atoms with van der Waals surface area (Å²) in [5.74, 6) is 1.37. The van der Waals surface area contributed by atoms with Crippen LogP contribution in [0.4, 0.5) is 11.4 Å². The number of aryl methyl sites for hydroxylation is 2. The van der Waals surface area contributed by atoms with E-state index in [1.165, 1.54) is 16.3 Å². The molecule has 5 atom stereocenters. The van der Waals surface area contributed by atoms with Crippen LogP contribution in [0.5, 0.6) is 5.75 Å². The Balaban J connectivity index is 1.19. The van der Waals surface area contributed by atoms with Crippen LogP contribution in [0.2, 0.25) is 18.6 Å². The summed E-state index contributed by atoms with van der Waals surface area (Å²) < 4.78 is 12.3. The molecular weight excluding hydrogens is 593 g/mol. The van der Waals surface area contributed by atoms with Crippen molar-refractivity contribution in [3.8, 4) is 5.75 Å². The second-order valence-corrected chi connectivity index (χ2v) is 18.6. The molecule has 244 valence electrons. The molecule has 3 aromatic rings. The number of anilines is 2. The first-order valence-electron chi connectivity index (χ1n) is 16.9. The van der Waals surface area contributed by atoms with E-state index in [9.17, 15) is 14.7 Å². The minimum absolute atomic E-state index is 0.0169. The van der Waals surface area contributed by atoms with E-state index in [0.29, 0.717) is 19.4 Å². The van der Waals surface area contributed by atoms with Gasteiger partial charge < -0.3 is 19.5 Å². The van der Waals surface area contributed by atoms with E-state index in [-0.39, 0.29) is 48.1 Å². The maximum absolute atomic E-state index is 13.6. The highest BCUT2D eigenvalue weighted by Gasteiger charge is 2.51. The Bertz CT molecular complexity index is 1520. The van der Waals surface area contributed by atoms with E-state index < -0.39 is 8.07 Å². The van der Waals surface area contributed by atoms with Gasteiger partial charge in [0.05, 0.1) is 52.1 Å². The van der Waals surface area contributed by atoms with E-state index in [0.717, 1.165) is 49.2 Å². The molecule has 1 N–H and O–H groups in total. The lowest BCUT2D eigenvalue weighted by Gasteiger charge is -2.36. The Hall–Kier alpha value is -3.46. The average Bonchev–Trinajstić information content (AvgIpc) is 3.68. The van der Waals surface area contributed by atoms with E-state index in [2.05, 4.69) is 62.5 Å². The standard InChI is InChI=1S/C38H48N2O5Si/c1-26-34(21-13-27-11-15-29(16-12-27)40-33-10-6-5-8-28(33)14-22-36(40)42)45-35(24-37(43)39-23-7-9-30(39)25-41)38(26)46(3,4)32-19-17-31(44-2)18-20-32/h5-6,8,10-12,15-20,26,30,34-35,38,41H,7,9,13-14,21-25H2,1-4H3/t26-,30+,34+,35-,38+/m1/s1. The molecule has 0 unspecified atom stereocenters. The minimum atomic E-state index is -2.09. The van der Waals surface area contributed by atoms with E-state index in [1.807, 2.05) is 40.1 Å². The zero-order valence-electron chi connectivity index (χ0n) is 27.7. The second-order valence-electron chi connectivity index (χ2n) is 13.9. The van der Waals surface area contributed by atoms with Crippen LogP contribution in [0, 0.1) is 5.92 Å². The molecule has 46 heavy (non-hydrogen) atoms. The largest absolute Gasteiger partial charge is 0.497 e. The van der Waals surface area contributed by atoms with E-state index in [1.54, 1.807) is 7.11 Å². The lowest BCUT2D eigenvalue weighted by molar-refractivity contribution is -0.135. The first-order valence-corrected chi connectivity index (χ1v) is 20.0. The highest BCUT2D eigenvalue weighted by Crippen LogP contribution is 2.47. The van der Waals surface area contributed by atoms with Crippen molar-refractivity contribution in [1.29, 1.82) is 0 Å². The summed E-state index contributed by atoms with van der Waals surface area (Å²) in [5.41, 5.74) is 4.56. The van der Waals surface area contributed by atoms with Crippen LogP contribution in [0.1, 0.15) is 50.2 Å². The van der Waals surface area contributed by atoms with Crippen LogP contribution in [0.3, 0.4) is 0 Å². The van der Waals surface area contributed by atoms with Crippen molar-refractivity contribution in [1.82, 2.24) is 4.90 Å². The van der Waals surface area contributed by atoms with Gasteiger partial charge in [-0.3, -0.25) is 14.5 Å². The molecule has 8 heteroatoms. The quantitative estimate of drug-likeness (QED) is 0.275.